The average molecular weight is 520 g/mol. The van der Waals surface area contributed by atoms with Gasteiger partial charge in [-0.15, -0.1) is 5.10 Å². The van der Waals surface area contributed by atoms with Crippen LogP contribution >= 0.6 is 0 Å². The van der Waals surface area contributed by atoms with E-state index in [-0.39, 0.29) is 31.3 Å². The number of hydrogen-bond donors (Lipinski definition) is 1. The molecule has 2 amide bonds. The molecular weight excluding hydrogens is 492 g/mol. The van der Waals surface area contributed by atoms with E-state index in [1.165, 1.54) is 52.0 Å². The largest absolute Gasteiger partial charge is 0.376 e. The van der Waals surface area contributed by atoms with E-state index in [2.05, 4.69) is 15.6 Å². The van der Waals surface area contributed by atoms with E-state index in [0.29, 0.717) is 23.2 Å². The summed E-state index contributed by atoms with van der Waals surface area (Å²) in [7, 11) is 0. The Kier molecular flexibility index (Phi) is 7.69. The van der Waals surface area contributed by atoms with Crippen molar-refractivity contribution in [2.24, 2.45) is 0 Å². The Hall–Kier alpha value is -4.18. The van der Waals surface area contributed by atoms with Crippen LogP contribution in [0, 0.1) is 11.6 Å². The predicted octanol–water partition coefficient (Wildman–Crippen LogP) is 3.77. The molecule has 3 aromatic carbocycles. The minimum Gasteiger partial charge on any atom is -0.376 e. The Morgan fingerprint density at radius 2 is 1.82 bits per heavy atom. The van der Waals surface area contributed by atoms with Crippen LogP contribution in [-0.2, 0) is 27.4 Å². The first-order valence-corrected chi connectivity index (χ1v) is 12.5. The Labute approximate surface area is 218 Å². The number of halogens is 2. The van der Waals surface area contributed by atoms with Crippen molar-refractivity contribution in [1.29, 1.82) is 0 Å². The number of aromatic nitrogens is 3. The van der Waals surface area contributed by atoms with Gasteiger partial charge in [0.05, 0.1) is 11.6 Å². The van der Waals surface area contributed by atoms with Gasteiger partial charge in [0.2, 0.25) is 11.8 Å². The first kappa shape index (κ1) is 25.5. The summed E-state index contributed by atoms with van der Waals surface area (Å²) in [6.07, 6.45) is 1.57. The van der Waals surface area contributed by atoms with Crippen LogP contribution in [0.3, 0.4) is 0 Å². The fourth-order valence-electron chi connectivity index (χ4n) is 4.63. The van der Waals surface area contributed by atoms with Crippen LogP contribution in [0.4, 0.5) is 8.78 Å². The maximum Gasteiger partial charge on any atom is 0.247 e. The number of benzene rings is 3. The highest BCUT2D eigenvalue weighted by Gasteiger charge is 2.34. The first-order chi connectivity index (χ1) is 18.5. The summed E-state index contributed by atoms with van der Waals surface area (Å²) in [6.45, 7) is 0.582. The molecule has 196 valence electrons. The second-order valence-electron chi connectivity index (χ2n) is 9.19. The third kappa shape index (κ3) is 5.70. The predicted molar refractivity (Wildman–Crippen MR) is 136 cm³/mol. The standard InChI is InChI=1S/C28H27F2N5O3/c29-20-13-11-19(12-14-20)17-34(26(36)18-35-25-10-4-3-9-24(25)32-33-35)27(22-7-1-2-8-23(22)30)28(37)31-16-21-6-5-15-38-21/h1-4,7-14,21,27H,5-6,15-18H2,(H,31,37)/t21-,27-/m1/s1. The summed E-state index contributed by atoms with van der Waals surface area (Å²) in [5.41, 5.74) is 1.89. The SMILES string of the molecule is O=C(NC[C@H]1CCCO1)[C@@H](c1ccccc1F)N(Cc1ccc(F)cc1)C(=O)Cn1nnc2ccccc21. The Morgan fingerprint density at radius 3 is 2.58 bits per heavy atom. The zero-order chi connectivity index (χ0) is 26.5. The summed E-state index contributed by atoms with van der Waals surface area (Å²) < 4.78 is 35.8. The molecule has 1 N–H and O–H groups in total. The van der Waals surface area contributed by atoms with Crippen molar-refractivity contribution in [2.75, 3.05) is 13.2 Å². The maximum absolute atomic E-state index is 15.1. The Balaban J connectivity index is 1.50. The van der Waals surface area contributed by atoms with Crippen molar-refractivity contribution in [3.8, 4) is 0 Å². The highest BCUT2D eigenvalue weighted by Crippen LogP contribution is 2.27. The number of amides is 2. The lowest BCUT2D eigenvalue weighted by Crippen LogP contribution is -2.46. The third-order valence-electron chi connectivity index (χ3n) is 6.58. The molecule has 5 rings (SSSR count). The lowest BCUT2D eigenvalue weighted by molar-refractivity contribution is -0.142. The molecule has 1 aliphatic heterocycles. The molecule has 0 spiro atoms. The van der Waals surface area contributed by atoms with Crippen molar-refractivity contribution < 1.29 is 23.1 Å². The van der Waals surface area contributed by atoms with Gasteiger partial charge in [0.1, 0.15) is 29.7 Å². The highest BCUT2D eigenvalue weighted by molar-refractivity contribution is 5.89. The molecule has 10 heteroatoms. The molecule has 0 bridgehead atoms. The number of ether oxygens (including phenoxy) is 1. The quantitative estimate of drug-likeness (QED) is 0.364. The fraction of sp³-hybridized carbons (Fsp3) is 0.286. The molecule has 0 saturated carbocycles. The fourth-order valence-corrected chi connectivity index (χ4v) is 4.63. The summed E-state index contributed by atoms with van der Waals surface area (Å²) >= 11 is 0. The van der Waals surface area contributed by atoms with Gasteiger partial charge in [-0.1, -0.05) is 47.7 Å². The van der Waals surface area contributed by atoms with Gasteiger partial charge < -0.3 is 15.0 Å². The molecule has 8 nitrogen and oxygen atoms in total. The normalized spacial score (nSPS) is 15.9. The van der Waals surface area contributed by atoms with Gasteiger partial charge in [-0.05, 0) is 48.7 Å². The van der Waals surface area contributed by atoms with Crippen LogP contribution in [0.15, 0.2) is 72.8 Å². The highest BCUT2D eigenvalue weighted by atomic mass is 19.1. The monoisotopic (exact) mass is 519 g/mol. The lowest BCUT2D eigenvalue weighted by Gasteiger charge is -2.32. The maximum atomic E-state index is 15.1. The molecule has 4 aromatic rings. The number of fused-ring (bicyclic) bond motifs is 1. The van der Waals surface area contributed by atoms with Crippen molar-refractivity contribution in [2.45, 2.75) is 38.1 Å². The van der Waals surface area contributed by atoms with Gasteiger partial charge in [-0.2, -0.15) is 0 Å². The van der Waals surface area contributed by atoms with Crippen molar-refractivity contribution >= 4 is 22.8 Å². The van der Waals surface area contributed by atoms with E-state index in [9.17, 15) is 14.0 Å². The summed E-state index contributed by atoms with van der Waals surface area (Å²) in [6, 6.07) is 17.4. The van der Waals surface area contributed by atoms with Gasteiger partial charge >= 0.3 is 0 Å². The molecule has 1 aliphatic rings. The van der Waals surface area contributed by atoms with E-state index < -0.39 is 29.5 Å². The molecule has 38 heavy (non-hydrogen) atoms. The number of carbonyl (C=O) groups is 2. The minimum absolute atomic E-state index is 0.0521. The number of hydrogen-bond acceptors (Lipinski definition) is 5. The molecule has 2 heterocycles. The van der Waals surface area contributed by atoms with Gasteiger partial charge in [-0.3, -0.25) is 9.59 Å². The number of nitrogens with zero attached hydrogens (tertiary/aromatic N) is 4. The van der Waals surface area contributed by atoms with Gasteiger partial charge in [0.15, 0.2) is 0 Å². The van der Waals surface area contributed by atoms with E-state index in [1.807, 2.05) is 12.1 Å². The average Bonchev–Trinajstić information content (AvgIpc) is 3.60. The zero-order valence-electron chi connectivity index (χ0n) is 20.6. The van der Waals surface area contributed by atoms with E-state index in [4.69, 9.17) is 4.74 Å². The zero-order valence-corrected chi connectivity index (χ0v) is 20.6. The van der Waals surface area contributed by atoms with Crippen LogP contribution in [0.1, 0.15) is 30.0 Å². The Morgan fingerprint density at radius 1 is 1.05 bits per heavy atom. The van der Waals surface area contributed by atoms with Crippen LogP contribution in [0.25, 0.3) is 11.0 Å². The van der Waals surface area contributed by atoms with Crippen LogP contribution in [0.5, 0.6) is 0 Å². The van der Waals surface area contributed by atoms with Crippen LogP contribution < -0.4 is 5.32 Å². The summed E-state index contributed by atoms with van der Waals surface area (Å²) in [4.78, 5) is 28.8. The molecule has 1 saturated heterocycles. The van der Waals surface area contributed by atoms with E-state index in [0.717, 1.165) is 12.8 Å². The molecule has 0 radical (unpaired) electrons. The van der Waals surface area contributed by atoms with Crippen molar-refractivity contribution in [3.63, 3.8) is 0 Å². The summed E-state index contributed by atoms with van der Waals surface area (Å²) in [5, 5.41) is 11.0. The number of carbonyl (C=O) groups excluding carboxylic acids is 2. The number of nitrogens with one attached hydrogen (secondary N) is 1. The molecule has 0 unspecified atom stereocenters. The molecular formula is C28H27F2N5O3. The molecule has 2 atom stereocenters. The molecule has 1 aromatic heterocycles. The Bertz CT molecular complexity index is 1420. The van der Waals surface area contributed by atoms with Crippen molar-refractivity contribution in [1.82, 2.24) is 25.2 Å². The minimum atomic E-state index is -1.29. The second-order valence-corrected chi connectivity index (χ2v) is 9.19. The first-order valence-electron chi connectivity index (χ1n) is 12.5. The number of rotatable bonds is 9. The number of para-hydroxylation sites is 1. The van der Waals surface area contributed by atoms with Crippen LogP contribution in [-0.4, -0.2) is 51.0 Å². The second kappa shape index (κ2) is 11.5. The summed E-state index contributed by atoms with van der Waals surface area (Å²) in [5.74, 6) is -2.07. The van der Waals surface area contributed by atoms with E-state index >= 15 is 4.39 Å². The molecule has 1 fully saturated rings. The molecule has 0 aliphatic carbocycles. The van der Waals surface area contributed by atoms with Gasteiger partial charge in [-0.25, -0.2) is 13.5 Å². The van der Waals surface area contributed by atoms with Gasteiger partial charge in [0, 0.05) is 25.3 Å². The topological polar surface area (TPSA) is 89.4 Å². The lowest BCUT2D eigenvalue weighted by atomic mass is 10.0. The van der Waals surface area contributed by atoms with Crippen LogP contribution in [0.2, 0.25) is 0 Å². The van der Waals surface area contributed by atoms with Crippen molar-refractivity contribution in [3.05, 3.63) is 95.6 Å². The third-order valence-corrected chi connectivity index (χ3v) is 6.58. The van der Waals surface area contributed by atoms with Gasteiger partial charge in [0.25, 0.3) is 0 Å². The van der Waals surface area contributed by atoms with E-state index in [1.54, 1.807) is 18.2 Å². The smallest absolute Gasteiger partial charge is 0.247 e.